The molecule has 0 bridgehead atoms. The van der Waals surface area contributed by atoms with Gasteiger partial charge in [0.15, 0.2) is 23.3 Å². The lowest BCUT2D eigenvalue weighted by Crippen LogP contribution is -2.55. The van der Waals surface area contributed by atoms with E-state index in [1.165, 1.54) is 16.4 Å². The molecule has 8 aromatic carbocycles. The van der Waals surface area contributed by atoms with Gasteiger partial charge >= 0.3 is 0 Å². The van der Waals surface area contributed by atoms with Crippen molar-refractivity contribution in [2.45, 2.75) is 0 Å². The highest BCUT2D eigenvalue weighted by Crippen LogP contribution is 2.41. The van der Waals surface area contributed by atoms with Crippen molar-refractivity contribution in [1.29, 1.82) is 5.26 Å². The van der Waals surface area contributed by atoms with E-state index in [2.05, 4.69) is 148 Å². The molecule has 0 saturated heterocycles. The minimum atomic E-state index is 0.571. The predicted octanol–water partition coefficient (Wildman–Crippen LogP) is 4.31. The number of hydrogen-bond donors (Lipinski definition) is 0. The van der Waals surface area contributed by atoms with Gasteiger partial charge in [-0.05, 0) is 57.3 Å². The van der Waals surface area contributed by atoms with Crippen LogP contribution in [0.25, 0.3) is 101 Å². The second-order valence-electron chi connectivity index (χ2n) is 16.5. The van der Waals surface area contributed by atoms with Crippen molar-refractivity contribution < 1.29 is 0 Å². The minimum absolute atomic E-state index is 0.571. The van der Waals surface area contributed by atoms with Crippen LogP contribution in [-0.4, -0.2) is 64.2 Å². The summed E-state index contributed by atoms with van der Waals surface area (Å²) in [6.07, 6.45) is 0. The van der Waals surface area contributed by atoms with Crippen LogP contribution in [0.2, 0.25) is 0 Å². The average molecular weight is 826 g/mol. The van der Waals surface area contributed by atoms with Crippen LogP contribution in [-0.2, 0) is 0 Å². The maximum Gasteiger partial charge on any atom is 0.164 e. The fourth-order valence-corrected chi connectivity index (χ4v) is 8.88. The number of rotatable bonds is 8. The SMILES string of the molecule is Bc1c(B)c(B)c(-c2nc(-c3ccccc3)nc(-c3ccc(-c4ccccc4-c4cc(-c5cccc6ccccc56)nc(-c5ccccc5)n4)c(-c4ccc(C#N)cc4)c3)n2)c(B)c1B. The highest BCUT2D eigenvalue weighted by atomic mass is 15.0. The first-order valence-electron chi connectivity index (χ1n) is 21.8. The normalized spacial score (nSPS) is 11.1. The fraction of sp³-hybridized carbons (Fsp3) is 0. The Morgan fingerprint density at radius 3 is 1.48 bits per heavy atom. The molecule has 0 aliphatic heterocycles. The molecule has 11 heteroatoms. The molecule has 0 aliphatic carbocycles. The molecule has 2 aromatic heterocycles. The van der Waals surface area contributed by atoms with Gasteiger partial charge < -0.3 is 0 Å². The van der Waals surface area contributed by atoms with Crippen molar-refractivity contribution in [3.63, 3.8) is 0 Å². The average Bonchev–Trinajstić information content (AvgIpc) is 3.37. The second kappa shape index (κ2) is 17.2. The summed E-state index contributed by atoms with van der Waals surface area (Å²) in [5.74, 6) is 2.47. The van der Waals surface area contributed by atoms with Crippen LogP contribution >= 0.6 is 0 Å². The first-order valence-corrected chi connectivity index (χ1v) is 21.8. The van der Waals surface area contributed by atoms with Gasteiger partial charge in [0.2, 0.25) is 0 Å². The van der Waals surface area contributed by atoms with E-state index in [0.717, 1.165) is 88.7 Å². The van der Waals surface area contributed by atoms with E-state index in [-0.39, 0.29) is 0 Å². The molecule has 300 valence electrons. The lowest BCUT2D eigenvalue weighted by atomic mass is 9.60. The van der Waals surface area contributed by atoms with Crippen molar-refractivity contribution in [1.82, 2.24) is 24.9 Å². The Morgan fingerprint density at radius 1 is 0.338 bits per heavy atom. The van der Waals surface area contributed by atoms with Gasteiger partial charge in [-0.15, -0.1) is 16.4 Å². The molecular weight excluding hydrogens is 787 g/mol. The fourth-order valence-electron chi connectivity index (χ4n) is 8.88. The molecule has 10 rings (SSSR count). The molecule has 6 nitrogen and oxygen atoms in total. The standard InChI is InChI=1S/C54H39B5N6/c55-46-45(47(56)49(58)50(59)48(46)57)54-64-52(35-15-5-2-6-16-35)63-53(65-54)36-26-27-39(42(28-36)33-24-22-31(30-60)23-25-33)38-19-9-10-20-41(38)44-29-43(61-51(62-44)34-13-3-1-4-14-34)40-21-11-17-32-12-7-8-18-37(32)40/h1-29H,55-59H2. The Kier molecular flexibility index (Phi) is 10.9. The van der Waals surface area contributed by atoms with E-state index in [4.69, 9.17) is 24.9 Å². The Balaban J connectivity index is 1.19. The molecule has 0 atom stereocenters. The predicted molar refractivity (Wildman–Crippen MR) is 282 cm³/mol. The molecule has 0 unspecified atom stereocenters. The molecule has 0 radical (unpaired) electrons. The van der Waals surface area contributed by atoms with Gasteiger partial charge in [0, 0.05) is 33.4 Å². The van der Waals surface area contributed by atoms with E-state index in [9.17, 15) is 5.26 Å². The molecule has 2 heterocycles. The summed E-state index contributed by atoms with van der Waals surface area (Å²) in [4.78, 5) is 26.1. The monoisotopic (exact) mass is 826 g/mol. The third kappa shape index (κ3) is 7.74. The van der Waals surface area contributed by atoms with Crippen LogP contribution in [0.4, 0.5) is 0 Å². The molecule has 10 aromatic rings. The first-order chi connectivity index (χ1) is 31.7. The van der Waals surface area contributed by atoms with Crippen LogP contribution in [0.3, 0.4) is 0 Å². The lowest BCUT2D eigenvalue weighted by molar-refractivity contribution is 1.08. The van der Waals surface area contributed by atoms with E-state index in [1.807, 2.05) is 72.8 Å². The van der Waals surface area contributed by atoms with Gasteiger partial charge in [-0.25, -0.2) is 24.9 Å². The molecule has 0 aliphatic rings. The van der Waals surface area contributed by atoms with Gasteiger partial charge in [-0.1, -0.05) is 163 Å². The summed E-state index contributed by atoms with van der Waals surface area (Å²) in [6, 6.07) is 62.1. The third-order valence-corrected chi connectivity index (χ3v) is 12.8. The third-order valence-electron chi connectivity index (χ3n) is 12.8. The molecule has 0 fully saturated rings. The van der Waals surface area contributed by atoms with E-state index in [0.29, 0.717) is 28.9 Å². The smallest absolute Gasteiger partial charge is 0.164 e. The number of nitriles is 1. The van der Waals surface area contributed by atoms with Crippen molar-refractivity contribution >= 4 is 77.3 Å². The van der Waals surface area contributed by atoms with Crippen LogP contribution in [0.1, 0.15) is 5.56 Å². The summed E-state index contributed by atoms with van der Waals surface area (Å²) in [7, 11) is 10.9. The molecular formula is C54H39B5N6. The summed E-state index contributed by atoms with van der Waals surface area (Å²) >= 11 is 0. The number of benzene rings is 8. The van der Waals surface area contributed by atoms with E-state index in [1.54, 1.807) is 0 Å². The van der Waals surface area contributed by atoms with Crippen LogP contribution < -0.4 is 27.3 Å². The highest BCUT2D eigenvalue weighted by molar-refractivity contribution is 6.68. The Bertz CT molecular complexity index is 3470. The van der Waals surface area contributed by atoms with Gasteiger partial charge in [-0.2, -0.15) is 5.26 Å². The van der Waals surface area contributed by atoms with E-state index >= 15 is 0 Å². The Hall–Kier alpha value is -8.08. The maximum atomic E-state index is 9.80. The van der Waals surface area contributed by atoms with Gasteiger partial charge in [0.1, 0.15) is 39.2 Å². The zero-order valence-electron chi connectivity index (χ0n) is 36.9. The van der Waals surface area contributed by atoms with Crippen molar-refractivity contribution in [2.75, 3.05) is 0 Å². The molecule has 0 N–H and O–H groups in total. The van der Waals surface area contributed by atoms with Gasteiger partial charge in [0.05, 0.1) is 23.0 Å². The van der Waals surface area contributed by atoms with Crippen molar-refractivity contribution in [3.05, 3.63) is 181 Å². The van der Waals surface area contributed by atoms with Crippen LogP contribution in [0, 0.1) is 11.3 Å². The summed E-state index contributed by atoms with van der Waals surface area (Å²) in [5.41, 5.74) is 17.9. The molecule has 0 amide bonds. The minimum Gasteiger partial charge on any atom is -0.228 e. The molecule has 0 saturated carbocycles. The van der Waals surface area contributed by atoms with Crippen LogP contribution in [0.15, 0.2) is 176 Å². The Morgan fingerprint density at radius 2 is 0.815 bits per heavy atom. The zero-order valence-corrected chi connectivity index (χ0v) is 36.9. The zero-order chi connectivity index (χ0) is 44.6. The van der Waals surface area contributed by atoms with Gasteiger partial charge in [-0.3, -0.25) is 0 Å². The summed E-state index contributed by atoms with van der Waals surface area (Å²) < 4.78 is 0. The van der Waals surface area contributed by atoms with Crippen LogP contribution in [0.5, 0.6) is 0 Å². The second-order valence-corrected chi connectivity index (χ2v) is 16.5. The topological polar surface area (TPSA) is 88.2 Å². The van der Waals surface area contributed by atoms with Crippen molar-refractivity contribution in [2.24, 2.45) is 0 Å². The maximum absolute atomic E-state index is 9.80. The largest absolute Gasteiger partial charge is 0.228 e. The first kappa shape index (κ1) is 41.0. The molecule has 0 spiro atoms. The number of aromatic nitrogens is 5. The van der Waals surface area contributed by atoms with E-state index < -0.39 is 0 Å². The summed E-state index contributed by atoms with van der Waals surface area (Å²) in [5, 5.41) is 12.1. The summed E-state index contributed by atoms with van der Waals surface area (Å²) in [6.45, 7) is 0. The molecule has 65 heavy (non-hydrogen) atoms. The van der Waals surface area contributed by atoms with Crippen molar-refractivity contribution in [3.8, 4) is 96.4 Å². The lowest BCUT2D eigenvalue weighted by Gasteiger charge is -2.20. The highest BCUT2D eigenvalue weighted by Gasteiger charge is 2.22. The van der Waals surface area contributed by atoms with Gasteiger partial charge in [0.25, 0.3) is 0 Å². The number of fused-ring (bicyclic) bond motifs is 1. The quantitative estimate of drug-likeness (QED) is 0.213. The number of nitrogens with zero attached hydrogens (tertiary/aromatic N) is 6. The number of hydrogen-bond acceptors (Lipinski definition) is 6. The Labute approximate surface area is 383 Å².